The quantitative estimate of drug-likeness (QED) is 0.301. The Hall–Kier alpha value is -0.440. The molecule has 0 saturated carbocycles. The minimum absolute atomic E-state index is 0.144. The summed E-state index contributed by atoms with van der Waals surface area (Å²) in [5, 5.41) is 0.304. The van der Waals surface area contributed by atoms with Crippen molar-refractivity contribution in [3.8, 4) is 5.75 Å². The number of primary amides is 1. The summed E-state index contributed by atoms with van der Waals surface area (Å²) in [7, 11) is -3.71. The van der Waals surface area contributed by atoms with Crippen molar-refractivity contribution in [3.05, 3.63) is 28.8 Å². The number of nitrogens with two attached hydrogens (primary N) is 1. The highest BCUT2D eigenvalue weighted by Gasteiger charge is 2.24. The average molecular weight is 467 g/mol. The Balaban J connectivity index is 2.21. The molecule has 1 aromatic carbocycles. The molecule has 0 unspecified atom stereocenters. The van der Waals surface area contributed by atoms with Crippen molar-refractivity contribution in [2.75, 3.05) is 19.0 Å². The molecule has 0 aromatic heterocycles. The lowest BCUT2D eigenvalue weighted by Gasteiger charge is -2.11. The molecule has 0 aliphatic rings. The van der Waals surface area contributed by atoms with Gasteiger partial charge in [-0.2, -0.15) is 8.42 Å². The second kappa shape index (κ2) is 10.8. The third-order valence-corrected chi connectivity index (χ3v) is 5.05. The van der Waals surface area contributed by atoms with Crippen LogP contribution in [0.1, 0.15) is 36.0 Å². The van der Waals surface area contributed by atoms with Crippen LogP contribution >= 0.6 is 46.4 Å². The predicted molar refractivity (Wildman–Crippen MR) is 104 cm³/mol. The average Bonchev–Trinajstić information content (AvgIpc) is 2.52. The van der Waals surface area contributed by atoms with Crippen LogP contribution in [0, 0.1) is 0 Å². The molecule has 0 spiro atoms. The first-order chi connectivity index (χ1) is 12.0. The van der Waals surface area contributed by atoms with E-state index in [9.17, 15) is 13.2 Å². The molecule has 0 atom stereocenters. The second-order valence-electron chi connectivity index (χ2n) is 5.41. The van der Waals surface area contributed by atoms with Crippen molar-refractivity contribution in [1.82, 2.24) is 0 Å². The van der Waals surface area contributed by atoms with E-state index in [1.54, 1.807) is 6.07 Å². The van der Waals surface area contributed by atoms with E-state index in [1.165, 1.54) is 12.1 Å². The molecular formula is C15H19Cl4NO5S. The van der Waals surface area contributed by atoms with E-state index < -0.39 is 26.4 Å². The molecule has 6 nitrogen and oxygen atoms in total. The molecule has 0 radical (unpaired) electrons. The van der Waals surface area contributed by atoms with Crippen LogP contribution in [-0.4, -0.2) is 37.1 Å². The number of carbonyl (C=O) groups is 1. The maximum atomic E-state index is 11.6. The maximum absolute atomic E-state index is 11.6. The van der Waals surface area contributed by atoms with Gasteiger partial charge in [-0.3, -0.25) is 8.98 Å². The topological polar surface area (TPSA) is 95.7 Å². The molecule has 0 aliphatic heterocycles. The van der Waals surface area contributed by atoms with Gasteiger partial charge in [0.1, 0.15) is 12.4 Å². The van der Waals surface area contributed by atoms with Gasteiger partial charge in [0.2, 0.25) is 9.70 Å². The summed E-state index contributed by atoms with van der Waals surface area (Å²) < 4.78 is 31.6. The lowest BCUT2D eigenvalue weighted by Crippen LogP contribution is -2.19. The Labute approximate surface area is 172 Å². The van der Waals surface area contributed by atoms with E-state index in [0.717, 1.165) is 6.42 Å². The first-order valence-electron chi connectivity index (χ1n) is 7.66. The Morgan fingerprint density at radius 2 is 1.77 bits per heavy atom. The third kappa shape index (κ3) is 10.0. The zero-order valence-corrected chi connectivity index (χ0v) is 17.6. The Morgan fingerprint density at radius 3 is 2.35 bits per heavy atom. The van der Waals surface area contributed by atoms with Gasteiger partial charge in [-0.25, -0.2) is 0 Å². The molecule has 26 heavy (non-hydrogen) atoms. The van der Waals surface area contributed by atoms with E-state index in [1.807, 2.05) is 0 Å². The van der Waals surface area contributed by atoms with Crippen molar-refractivity contribution in [2.24, 2.45) is 5.73 Å². The predicted octanol–water partition coefficient (Wildman–Crippen LogP) is 4.09. The number of unbranched alkanes of at least 4 members (excludes halogenated alkanes) is 3. The van der Waals surface area contributed by atoms with Crippen molar-refractivity contribution >= 4 is 62.4 Å². The van der Waals surface area contributed by atoms with Crippen LogP contribution in [0.5, 0.6) is 5.75 Å². The summed E-state index contributed by atoms with van der Waals surface area (Å²) in [6.07, 6.45) is 2.57. The highest BCUT2D eigenvalue weighted by molar-refractivity contribution is 7.86. The second-order valence-corrected chi connectivity index (χ2v) is 10.1. The van der Waals surface area contributed by atoms with Crippen molar-refractivity contribution < 1.29 is 22.1 Å². The first-order valence-corrected chi connectivity index (χ1v) is 10.7. The summed E-state index contributed by atoms with van der Waals surface area (Å²) in [5.41, 5.74) is 5.47. The molecule has 2 N–H and O–H groups in total. The summed E-state index contributed by atoms with van der Waals surface area (Å²) in [6, 6.07) is 4.56. The molecule has 0 fully saturated rings. The van der Waals surface area contributed by atoms with Gasteiger partial charge in [0, 0.05) is 5.56 Å². The van der Waals surface area contributed by atoms with Crippen molar-refractivity contribution in [2.45, 2.75) is 29.5 Å². The van der Waals surface area contributed by atoms with Crippen LogP contribution in [0.3, 0.4) is 0 Å². The lowest BCUT2D eigenvalue weighted by atomic mass is 10.2. The number of rotatable bonds is 11. The molecule has 1 rings (SSSR count). The van der Waals surface area contributed by atoms with E-state index in [4.69, 9.17) is 56.9 Å². The van der Waals surface area contributed by atoms with E-state index in [0.29, 0.717) is 42.2 Å². The van der Waals surface area contributed by atoms with Crippen LogP contribution in [0.4, 0.5) is 0 Å². The SMILES string of the molecule is NC(=O)c1ccc(OCCCCCCS(=O)(=O)OCC(Cl)(Cl)Cl)c(Cl)c1. The third-order valence-electron chi connectivity index (χ3n) is 3.16. The normalized spacial score (nSPS) is 12.2. The Kier molecular flexibility index (Phi) is 9.79. The van der Waals surface area contributed by atoms with E-state index in [-0.39, 0.29) is 5.75 Å². The number of ether oxygens (including phenoxy) is 1. The fourth-order valence-corrected chi connectivity index (χ4v) is 3.53. The van der Waals surface area contributed by atoms with Crippen molar-refractivity contribution in [3.63, 3.8) is 0 Å². The zero-order chi connectivity index (χ0) is 19.8. The fraction of sp³-hybridized carbons (Fsp3) is 0.533. The molecule has 148 valence electrons. The lowest BCUT2D eigenvalue weighted by molar-refractivity contribution is 0.1000. The molecular weight excluding hydrogens is 448 g/mol. The summed E-state index contributed by atoms with van der Waals surface area (Å²) in [4.78, 5) is 11.0. The van der Waals surface area contributed by atoms with Gasteiger partial charge in [0.05, 0.1) is 17.4 Å². The molecule has 0 aliphatic carbocycles. The molecule has 0 heterocycles. The smallest absolute Gasteiger partial charge is 0.267 e. The molecule has 1 aromatic rings. The van der Waals surface area contributed by atoms with Gasteiger partial charge in [-0.1, -0.05) is 59.2 Å². The number of alkyl halides is 3. The number of hydrogen-bond acceptors (Lipinski definition) is 5. The van der Waals surface area contributed by atoms with Crippen LogP contribution in [-0.2, 0) is 14.3 Å². The summed E-state index contributed by atoms with van der Waals surface area (Å²) >= 11 is 22.3. The number of halogens is 4. The summed E-state index contributed by atoms with van der Waals surface area (Å²) in [6.45, 7) is -0.102. The number of carbonyl (C=O) groups excluding carboxylic acids is 1. The minimum Gasteiger partial charge on any atom is -0.492 e. The van der Waals surface area contributed by atoms with Gasteiger partial charge in [-0.05, 0) is 31.0 Å². The van der Waals surface area contributed by atoms with Crippen LogP contribution in [0.25, 0.3) is 0 Å². The summed E-state index contributed by atoms with van der Waals surface area (Å²) in [5.74, 6) is -0.250. The number of hydrogen-bond donors (Lipinski definition) is 1. The fourth-order valence-electron chi connectivity index (χ4n) is 1.90. The van der Waals surface area contributed by atoms with Gasteiger partial charge in [-0.15, -0.1) is 0 Å². The van der Waals surface area contributed by atoms with Gasteiger partial charge >= 0.3 is 0 Å². The monoisotopic (exact) mass is 465 g/mol. The van der Waals surface area contributed by atoms with E-state index >= 15 is 0 Å². The van der Waals surface area contributed by atoms with Crippen LogP contribution in [0.2, 0.25) is 5.02 Å². The maximum Gasteiger partial charge on any atom is 0.267 e. The largest absolute Gasteiger partial charge is 0.492 e. The first kappa shape index (κ1) is 23.6. The molecule has 0 bridgehead atoms. The van der Waals surface area contributed by atoms with Crippen LogP contribution < -0.4 is 10.5 Å². The Bertz CT molecular complexity index is 706. The molecule has 1 amide bonds. The van der Waals surface area contributed by atoms with Crippen LogP contribution in [0.15, 0.2) is 18.2 Å². The highest BCUT2D eigenvalue weighted by atomic mass is 35.6. The van der Waals surface area contributed by atoms with E-state index in [2.05, 4.69) is 4.18 Å². The Morgan fingerprint density at radius 1 is 1.12 bits per heavy atom. The van der Waals surface area contributed by atoms with Gasteiger partial charge in [0.25, 0.3) is 10.1 Å². The number of amides is 1. The van der Waals surface area contributed by atoms with Gasteiger partial charge in [0.15, 0.2) is 0 Å². The van der Waals surface area contributed by atoms with Gasteiger partial charge < -0.3 is 10.5 Å². The number of benzene rings is 1. The van der Waals surface area contributed by atoms with Crippen molar-refractivity contribution in [1.29, 1.82) is 0 Å². The standard InChI is InChI=1S/C15H19Cl4NO5S/c16-12-9-11(14(20)21)5-6-13(12)24-7-3-1-2-4-8-26(22,23)25-10-15(17,18)19/h5-6,9H,1-4,7-8,10H2,(H2,20,21). The molecule has 11 heteroatoms. The highest BCUT2D eigenvalue weighted by Crippen LogP contribution is 2.27. The molecule has 0 saturated heterocycles. The zero-order valence-electron chi connectivity index (χ0n) is 13.7. The minimum atomic E-state index is -3.71.